The number of hydrazine groups is 1. The molecule has 1 aromatic carbocycles. The van der Waals surface area contributed by atoms with Crippen LogP contribution in [0.5, 0.6) is 11.8 Å². The molecule has 1 aromatic heterocycles. The predicted octanol–water partition coefficient (Wildman–Crippen LogP) is 0.878. The van der Waals surface area contributed by atoms with E-state index in [0.29, 0.717) is 19.1 Å². The number of anilines is 1. The molecule has 1 aliphatic rings. The smallest absolute Gasteiger partial charge is 0.336 e. The maximum atomic E-state index is 13.7. The maximum Gasteiger partial charge on any atom is 0.336 e. The fourth-order valence-corrected chi connectivity index (χ4v) is 3.82. The molecule has 1 heterocycles. The van der Waals surface area contributed by atoms with Gasteiger partial charge in [0.25, 0.3) is 10.0 Å². The quantitative estimate of drug-likeness (QED) is 0.405. The van der Waals surface area contributed by atoms with Gasteiger partial charge in [0.1, 0.15) is 12.1 Å². The van der Waals surface area contributed by atoms with Crippen LogP contribution in [0.1, 0.15) is 18.4 Å². The highest BCUT2D eigenvalue weighted by atomic mass is 32.2. The third-order valence-corrected chi connectivity index (χ3v) is 5.71. The SMILES string of the molecule is COc1cc(OC)nc(NC(=O)NNS(=O)(=O)c2ccc(F)cc2C2(C=O)CC2)n1. The average molecular weight is 439 g/mol. The van der Waals surface area contributed by atoms with Gasteiger partial charge < -0.3 is 14.3 Å². The minimum atomic E-state index is -4.31. The first kappa shape index (κ1) is 21.4. The van der Waals surface area contributed by atoms with Crippen LogP contribution >= 0.6 is 0 Å². The molecule has 3 N–H and O–H groups in total. The molecule has 0 spiro atoms. The van der Waals surface area contributed by atoms with Crippen LogP contribution < -0.4 is 25.0 Å². The van der Waals surface area contributed by atoms with Crippen molar-refractivity contribution in [3.8, 4) is 11.8 Å². The van der Waals surface area contributed by atoms with Crippen LogP contribution in [0.3, 0.4) is 0 Å². The molecule has 160 valence electrons. The van der Waals surface area contributed by atoms with Gasteiger partial charge in [0, 0.05) is 0 Å². The van der Waals surface area contributed by atoms with E-state index in [9.17, 15) is 22.4 Å². The van der Waals surface area contributed by atoms with E-state index in [1.165, 1.54) is 20.3 Å². The fourth-order valence-electron chi connectivity index (χ4n) is 2.68. The molecule has 0 saturated heterocycles. The van der Waals surface area contributed by atoms with Crippen LogP contribution in [0.2, 0.25) is 0 Å². The molecule has 0 bridgehead atoms. The number of rotatable bonds is 8. The molecular formula is C17H18FN5O6S. The Morgan fingerprint density at radius 3 is 2.33 bits per heavy atom. The first-order valence-electron chi connectivity index (χ1n) is 8.55. The summed E-state index contributed by atoms with van der Waals surface area (Å²) in [5, 5.41) is 2.22. The Hall–Kier alpha value is -3.32. The van der Waals surface area contributed by atoms with Crippen molar-refractivity contribution in [2.45, 2.75) is 23.2 Å². The van der Waals surface area contributed by atoms with Crippen molar-refractivity contribution in [2.24, 2.45) is 0 Å². The number of aromatic nitrogens is 2. The lowest BCUT2D eigenvalue weighted by Crippen LogP contribution is -2.44. The zero-order valence-electron chi connectivity index (χ0n) is 15.9. The van der Waals surface area contributed by atoms with Crippen molar-refractivity contribution in [1.29, 1.82) is 0 Å². The van der Waals surface area contributed by atoms with Gasteiger partial charge in [0.15, 0.2) is 0 Å². The van der Waals surface area contributed by atoms with Crippen molar-refractivity contribution in [3.63, 3.8) is 0 Å². The van der Waals surface area contributed by atoms with E-state index in [0.717, 1.165) is 18.2 Å². The number of ether oxygens (including phenoxy) is 2. The second kappa shape index (κ2) is 8.20. The molecule has 0 radical (unpaired) electrons. The zero-order chi connectivity index (χ0) is 21.9. The summed E-state index contributed by atoms with van der Waals surface area (Å²) >= 11 is 0. The summed E-state index contributed by atoms with van der Waals surface area (Å²) in [4.78, 5) is 32.8. The van der Waals surface area contributed by atoms with Gasteiger partial charge in [0.2, 0.25) is 17.7 Å². The number of carbonyl (C=O) groups is 2. The van der Waals surface area contributed by atoms with Gasteiger partial charge in [-0.3, -0.25) is 10.7 Å². The van der Waals surface area contributed by atoms with Crippen molar-refractivity contribution in [2.75, 3.05) is 19.5 Å². The third-order valence-electron chi connectivity index (χ3n) is 4.40. The summed E-state index contributed by atoms with van der Waals surface area (Å²) < 4.78 is 48.9. The van der Waals surface area contributed by atoms with Crippen LogP contribution in [0.25, 0.3) is 0 Å². The minimum absolute atomic E-state index is 0.0353. The highest BCUT2D eigenvalue weighted by molar-refractivity contribution is 7.89. The number of urea groups is 1. The summed E-state index contributed by atoms with van der Waals surface area (Å²) in [7, 11) is -1.61. The third kappa shape index (κ3) is 4.46. The summed E-state index contributed by atoms with van der Waals surface area (Å²) in [6.07, 6.45) is 1.42. The average Bonchev–Trinajstić information content (AvgIpc) is 3.53. The van der Waals surface area contributed by atoms with E-state index in [1.807, 2.05) is 10.3 Å². The number of aldehydes is 1. The molecule has 2 amide bonds. The number of methoxy groups -OCH3 is 2. The first-order valence-corrected chi connectivity index (χ1v) is 10.0. The van der Waals surface area contributed by atoms with E-state index < -0.39 is 27.3 Å². The second-order valence-corrected chi connectivity index (χ2v) is 8.03. The van der Waals surface area contributed by atoms with Gasteiger partial charge >= 0.3 is 6.03 Å². The summed E-state index contributed by atoms with van der Waals surface area (Å²) in [5.41, 5.74) is 0.938. The van der Waals surface area contributed by atoms with Gasteiger partial charge in [-0.05, 0) is 36.6 Å². The number of amides is 2. The summed E-state index contributed by atoms with van der Waals surface area (Å²) in [5.74, 6) is -0.662. The summed E-state index contributed by atoms with van der Waals surface area (Å²) in [6, 6.07) is 3.37. The lowest BCUT2D eigenvalue weighted by atomic mass is 9.98. The van der Waals surface area contributed by atoms with Crippen molar-refractivity contribution < 1.29 is 31.9 Å². The van der Waals surface area contributed by atoms with Crippen molar-refractivity contribution in [1.82, 2.24) is 20.2 Å². The first-order chi connectivity index (χ1) is 14.2. The largest absolute Gasteiger partial charge is 0.481 e. The number of sulfonamides is 1. The van der Waals surface area contributed by atoms with E-state index >= 15 is 0 Å². The standard InChI is InChI=1S/C17H18FN5O6S/c1-28-13-8-14(29-2)20-15(19-13)21-16(25)22-23-30(26,27)12-4-3-10(18)7-11(12)17(9-24)5-6-17/h3-4,7-9,23H,5-6H2,1-2H3,(H2,19,20,21,22,25). The number of halogens is 1. The molecule has 0 aliphatic heterocycles. The van der Waals surface area contributed by atoms with Gasteiger partial charge in [-0.15, -0.1) is 4.83 Å². The molecule has 11 nitrogen and oxygen atoms in total. The molecule has 0 atom stereocenters. The second-order valence-electron chi connectivity index (χ2n) is 6.38. The molecule has 3 rings (SSSR count). The topological polar surface area (TPSA) is 149 Å². The van der Waals surface area contributed by atoms with Gasteiger partial charge in [-0.25, -0.2) is 17.6 Å². The highest BCUT2D eigenvalue weighted by Crippen LogP contribution is 2.48. The van der Waals surface area contributed by atoms with Crippen LogP contribution in [0.4, 0.5) is 15.1 Å². The van der Waals surface area contributed by atoms with Crippen LogP contribution in [0, 0.1) is 5.82 Å². The number of hydrogen-bond acceptors (Lipinski definition) is 8. The summed E-state index contributed by atoms with van der Waals surface area (Å²) in [6.45, 7) is 0. The molecule has 1 aliphatic carbocycles. The fraction of sp³-hybridized carbons (Fsp3) is 0.294. The number of benzene rings is 1. The van der Waals surface area contributed by atoms with Gasteiger partial charge in [0.05, 0.1) is 30.6 Å². The van der Waals surface area contributed by atoms with Crippen LogP contribution in [0.15, 0.2) is 29.2 Å². The van der Waals surface area contributed by atoms with Crippen molar-refractivity contribution in [3.05, 3.63) is 35.6 Å². The molecule has 13 heteroatoms. The van der Waals surface area contributed by atoms with E-state index in [-0.39, 0.29) is 28.2 Å². The predicted molar refractivity (Wildman–Crippen MR) is 101 cm³/mol. The molecule has 1 fully saturated rings. The Morgan fingerprint density at radius 1 is 1.17 bits per heavy atom. The Kier molecular flexibility index (Phi) is 5.85. The monoisotopic (exact) mass is 439 g/mol. The normalized spacial score (nSPS) is 14.5. The molecule has 0 unspecified atom stereocenters. The molecule has 1 saturated carbocycles. The van der Waals surface area contributed by atoms with Gasteiger partial charge in [-0.2, -0.15) is 9.97 Å². The number of carbonyl (C=O) groups excluding carboxylic acids is 2. The van der Waals surface area contributed by atoms with E-state index in [2.05, 4.69) is 15.3 Å². The van der Waals surface area contributed by atoms with Crippen LogP contribution in [-0.2, 0) is 20.2 Å². The number of nitrogens with zero attached hydrogens (tertiary/aromatic N) is 2. The lowest BCUT2D eigenvalue weighted by Gasteiger charge is -2.16. The van der Waals surface area contributed by atoms with Crippen LogP contribution in [-0.4, -0.2) is 44.9 Å². The molecule has 2 aromatic rings. The van der Waals surface area contributed by atoms with Gasteiger partial charge in [-0.1, -0.05) is 0 Å². The van der Waals surface area contributed by atoms with E-state index in [1.54, 1.807) is 0 Å². The lowest BCUT2D eigenvalue weighted by molar-refractivity contribution is -0.109. The van der Waals surface area contributed by atoms with E-state index in [4.69, 9.17) is 9.47 Å². The minimum Gasteiger partial charge on any atom is -0.481 e. The number of nitrogens with one attached hydrogen (secondary N) is 3. The Bertz CT molecular complexity index is 1070. The highest BCUT2D eigenvalue weighted by Gasteiger charge is 2.47. The Balaban J connectivity index is 1.75. The molecule has 30 heavy (non-hydrogen) atoms. The Labute approximate surface area is 171 Å². The Morgan fingerprint density at radius 2 is 1.80 bits per heavy atom. The van der Waals surface area contributed by atoms with Crippen molar-refractivity contribution >= 4 is 28.3 Å². The number of hydrogen-bond donors (Lipinski definition) is 3. The zero-order valence-corrected chi connectivity index (χ0v) is 16.7. The molecular weight excluding hydrogens is 421 g/mol. The maximum absolute atomic E-state index is 13.7.